The molecule has 6 nitrogen and oxygen atoms in total. The number of fused-ring (bicyclic) bond motifs is 1. The molecule has 0 aliphatic rings. The zero-order valence-corrected chi connectivity index (χ0v) is 20.4. The Morgan fingerprint density at radius 2 is 1.90 bits per heavy atom. The van der Waals surface area contributed by atoms with Gasteiger partial charge in [-0.05, 0) is 41.6 Å². The van der Waals surface area contributed by atoms with Gasteiger partial charge in [-0.1, -0.05) is 36.4 Å². The first-order valence-corrected chi connectivity index (χ1v) is 10.7. The summed E-state index contributed by atoms with van der Waals surface area (Å²) in [7, 11) is 1.73. The van der Waals surface area contributed by atoms with E-state index < -0.39 is 6.10 Å². The van der Waals surface area contributed by atoms with Gasteiger partial charge in [0.2, 0.25) is 0 Å². The van der Waals surface area contributed by atoms with Crippen LogP contribution in [-0.2, 0) is 6.42 Å². The first kappa shape index (κ1) is 23.2. The van der Waals surface area contributed by atoms with Crippen LogP contribution in [0.5, 0.6) is 0 Å². The van der Waals surface area contributed by atoms with Gasteiger partial charge in [-0.15, -0.1) is 35.3 Å². The van der Waals surface area contributed by atoms with Gasteiger partial charge in [-0.2, -0.15) is 5.10 Å². The highest BCUT2D eigenvalue weighted by molar-refractivity contribution is 14.0. The number of hydrogen-bond acceptors (Lipinski definition) is 4. The maximum atomic E-state index is 10.5. The maximum absolute atomic E-state index is 10.5. The number of aliphatic hydroxyl groups is 1. The fourth-order valence-corrected chi connectivity index (χ4v) is 4.27. The van der Waals surface area contributed by atoms with Gasteiger partial charge < -0.3 is 15.7 Å². The molecule has 3 N–H and O–H groups in total. The van der Waals surface area contributed by atoms with Gasteiger partial charge in [0.05, 0.1) is 11.9 Å². The van der Waals surface area contributed by atoms with Crippen molar-refractivity contribution in [1.29, 1.82) is 0 Å². The smallest absolute Gasteiger partial charge is 0.191 e. The Bertz CT molecular complexity index is 1090. The Balaban J connectivity index is 0.00000272. The van der Waals surface area contributed by atoms with Gasteiger partial charge in [-0.25, -0.2) is 4.68 Å². The van der Waals surface area contributed by atoms with Gasteiger partial charge in [0.15, 0.2) is 5.96 Å². The summed E-state index contributed by atoms with van der Waals surface area (Å²) < 4.78 is 3.06. The molecule has 0 aliphatic carbocycles. The Morgan fingerprint density at radius 1 is 1.13 bits per heavy atom. The second-order valence-electron chi connectivity index (χ2n) is 6.96. The molecule has 0 saturated carbocycles. The summed E-state index contributed by atoms with van der Waals surface area (Å²) in [5.41, 5.74) is 2.19. The van der Waals surface area contributed by atoms with E-state index in [1.54, 1.807) is 18.4 Å². The lowest BCUT2D eigenvalue weighted by Gasteiger charge is -2.14. The van der Waals surface area contributed by atoms with E-state index >= 15 is 0 Å². The first-order chi connectivity index (χ1) is 14.7. The van der Waals surface area contributed by atoms with Crippen LogP contribution in [0.2, 0.25) is 0 Å². The van der Waals surface area contributed by atoms with Crippen molar-refractivity contribution in [1.82, 2.24) is 20.4 Å². The van der Waals surface area contributed by atoms with Crippen LogP contribution in [0, 0.1) is 0 Å². The summed E-state index contributed by atoms with van der Waals surface area (Å²) in [5, 5.41) is 22.6. The van der Waals surface area contributed by atoms with Crippen molar-refractivity contribution < 1.29 is 5.11 Å². The molecule has 8 heteroatoms. The fourth-order valence-electron chi connectivity index (χ4n) is 3.22. The third kappa shape index (κ3) is 6.05. The van der Waals surface area contributed by atoms with Gasteiger partial charge >= 0.3 is 0 Å². The van der Waals surface area contributed by atoms with Crippen LogP contribution in [0.25, 0.3) is 15.8 Å². The van der Waals surface area contributed by atoms with Crippen molar-refractivity contribution in [2.45, 2.75) is 12.5 Å². The minimum absolute atomic E-state index is 0. The average molecular weight is 547 g/mol. The highest BCUT2D eigenvalue weighted by Crippen LogP contribution is 2.29. The van der Waals surface area contributed by atoms with Crippen molar-refractivity contribution in [3.63, 3.8) is 0 Å². The van der Waals surface area contributed by atoms with E-state index in [9.17, 15) is 5.11 Å². The summed E-state index contributed by atoms with van der Waals surface area (Å²) in [4.78, 5) is 5.20. The van der Waals surface area contributed by atoms with E-state index in [-0.39, 0.29) is 24.0 Å². The van der Waals surface area contributed by atoms with Crippen LogP contribution in [-0.4, -0.2) is 41.0 Å². The Morgan fingerprint density at radius 3 is 2.68 bits per heavy atom. The van der Waals surface area contributed by atoms with Crippen LogP contribution < -0.4 is 10.6 Å². The lowest BCUT2D eigenvalue weighted by Crippen LogP contribution is -2.40. The number of aliphatic hydroxyl groups excluding tert-OH is 1. The van der Waals surface area contributed by atoms with E-state index in [0.717, 1.165) is 34.5 Å². The largest absolute Gasteiger partial charge is 0.386 e. The number of nitrogens with one attached hydrogen (secondary N) is 2. The van der Waals surface area contributed by atoms with E-state index in [0.29, 0.717) is 12.5 Å². The topological polar surface area (TPSA) is 74.5 Å². The van der Waals surface area contributed by atoms with Crippen molar-refractivity contribution in [2.24, 2.45) is 4.99 Å². The zero-order valence-electron chi connectivity index (χ0n) is 17.2. The number of rotatable bonds is 7. The van der Waals surface area contributed by atoms with Crippen LogP contribution in [0.1, 0.15) is 16.5 Å². The molecule has 0 fully saturated rings. The van der Waals surface area contributed by atoms with Gasteiger partial charge in [-0.3, -0.25) is 4.99 Å². The second-order valence-corrected chi connectivity index (χ2v) is 8.08. The van der Waals surface area contributed by atoms with Gasteiger partial charge in [0.1, 0.15) is 6.10 Å². The Labute approximate surface area is 203 Å². The molecule has 0 aliphatic heterocycles. The fraction of sp³-hybridized carbons (Fsp3) is 0.217. The lowest BCUT2D eigenvalue weighted by atomic mass is 10.2. The number of benzene rings is 2. The molecule has 1 atom stereocenters. The minimum atomic E-state index is -0.579. The normalized spacial score (nSPS) is 12.4. The molecule has 0 amide bonds. The standard InChI is InChI=1S/C23H25N5OS.HI/c1-24-23(26-15-20(29)22-13-18-7-5-6-10-21(18)30-22)25-12-11-17-14-27-28(16-17)19-8-3-2-4-9-19;/h2-10,13-14,16,20,29H,11-12,15H2,1H3,(H2,24,25,26);1H. The van der Waals surface area contributed by atoms with Crippen LogP contribution >= 0.6 is 35.3 Å². The van der Waals surface area contributed by atoms with Gasteiger partial charge in [0, 0.05) is 35.9 Å². The number of para-hydroxylation sites is 1. The number of nitrogens with zero attached hydrogens (tertiary/aromatic N) is 3. The third-order valence-corrected chi connectivity index (χ3v) is 6.04. The molecule has 31 heavy (non-hydrogen) atoms. The molecule has 2 heterocycles. The minimum Gasteiger partial charge on any atom is -0.386 e. The predicted octanol–water partition coefficient (Wildman–Crippen LogP) is 4.15. The van der Waals surface area contributed by atoms with Crippen molar-refractivity contribution in [3.05, 3.63) is 83.5 Å². The molecule has 162 valence electrons. The first-order valence-electron chi connectivity index (χ1n) is 9.93. The maximum Gasteiger partial charge on any atom is 0.191 e. The summed E-state index contributed by atoms with van der Waals surface area (Å²) >= 11 is 1.62. The predicted molar refractivity (Wildman–Crippen MR) is 139 cm³/mol. The van der Waals surface area contributed by atoms with E-state index in [1.165, 1.54) is 4.70 Å². The van der Waals surface area contributed by atoms with E-state index in [1.807, 2.05) is 65.6 Å². The molecule has 0 bridgehead atoms. The molecule has 0 saturated heterocycles. The Hall–Kier alpha value is -2.43. The number of aromatic nitrogens is 2. The number of guanidine groups is 1. The molecule has 0 spiro atoms. The van der Waals surface area contributed by atoms with E-state index in [2.05, 4.69) is 32.9 Å². The molecule has 2 aromatic heterocycles. The number of aliphatic imine (C=N–C) groups is 1. The molecular weight excluding hydrogens is 521 g/mol. The molecular formula is C23H26IN5OS. The number of halogens is 1. The molecule has 4 rings (SSSR count). The third-order valence-electron chi connectivity index (χ3n) is 4.82. The number of thiophene rings is 1. The SMILES string of the molecule is CN=C(NCCc1cnn(-c2ccccc2)c1)NCC(O)c1cc2ccccc2s1.I. The Kier molecular flexibility index (Phi) is 8.44. The van der Waals surface area contributed by atoms with Crippen LogP contribution in [0.3, 0.4) is 0 Å². The molecule has 0 radical (unpaired) electrons. The summed E-state index contributed by atoms with van der Waals surface area (Å²) in [6.07, 6.45) is 4.17. The van der Waals surface area contributed by atoms with Crippen molar-refractivity contribution >= 4 is 51.4 Å². The average Bonchev–Trinajstić information content (AvgIpc) is 3.43. The monoisotopic (exact) mass is 547 g/mol. The lowest BCUT2D eigenvalue weighted by molar-refractivity contribution is 0.184. The van der Waals surface area contributed by atoms with Gasteiger partial charge in [0.25, 0.3) is 0 Å². The second kappa shape index (κ2) is 11.3. The zero-order chi connectivity index (χ0) is 20.8. The van der Waals surface area contributed by atoms with Crippen LogP contribution in [0.15, 0.2) is 78.0 Å². The molecule has 2 aromatic carbocycles. The highest BCUT2D eigenvalue weighted by atomic mass is 127. The summed E-state index contributed by atoms with van der Waals surface area (Å²) in [5.74, 6) is 0.672. The molecule has 1 unspecified atom stereocenters. The summed E-state index contributed by atoms with van der Waals surface area (Å²) in [6.45, 7) is 1.12. The summed E-state index contributed by atoms with van der Waals surface area (Å²) in [6, 6.07) is 20.3. The van der Waals surface area contributed by atoms with Crippen LogP contribution in [0.4, 0.5) is 0 Å². The van der Waals surface area contributed by atoms with Crippen molar-refractivity contribution in [3.8, 4) is 5.69 Å². The molecule has 4 aromatic rings. The number of hydrogen-bond donors (Lipinski definition) is 3. The quantitative estimate of drug-likeness (QED) is 0.185. The van der Waals surface area contributed by atoms with E-state index in [4.69, 9.17) is 0 Å². The highest BCUT2D eigenvalue weighted by Gasteiger charge is 2.12. The van der Waals surface area contributed by atoms with Crippen molar-refractivity contribution in [2.75, 3.05) is 20.1 Å².